The van der Waals surface area contributed by atoms with Gasteiger partial charge in [-0.3, -0.25) is 4.18 Å². The van der Waals surface area contributed by atoms with Crippen molar-refractivity contribution in [3.05, 3.63) is 0 Å². The maximum Gasteiger partial charge on any atom is 0.325 e. The summed E-state index contributed by atoms with van der Waals surface area (Å²) in [5, 5.41) is 1.49. The van der Waals surface area contributed by atoms with Crippen molar-refractivity contribution in [3.8, 4) is 0 Å². The van der Waals surface area contributed by atoms with Gasteiger partial charge >= 0.3 is 5.11 Å². The van der Waals surface area contributed by atoms with E-state index in [9.17, 15) is 13.0 Å². The van der Waals surface area contributed by atoms with Gasteiger partial charge < -0.3 is 4.55 Å². The summed E-state index contributed by atoms with van der Waals surface area (Å²) in [4.78, 5) is 5.02. The molecule has 0 rings (SSSR count). The molecule has 0 N–H and O–H groups in total. The van der Waals surface area contributed by atoms with E-state index in [1.165, 1.54) is 56.3 Å². The highest BCUT2D eigenvalue weighted by Crippen LogP contribution is 2.05. The second-order valence-electron chi connectivity index (χ2n) is 6.06. The number of hydrogen-bond donors (Lipinski definition) is 0. The number of hydrogen-bond acceptors (Lipinski definition) is 4. The predicted octanol–water partition coefficient (Wildman–Crippen LogP) is 3.68. The average molecular weight is 427 g/mol. The summed E-state index contributed by atoms with van der Waals surface area (Å²) in [6, 6.07) is 0. The van der Waals surface area contributed by atoms with Gasteiger partial charge in [0.2, 0.25) is 21.7 Å². The molecule has 164 valence electrons. The predicted molar refractivity (Wildman–Crippen MR) is 118 cm³/mol. The van der Waals surface area contributed by atoms with Crippen LogP contribution in [-0.4, -0.2) is 66.4 Å². The molecule has 0 saturated carbocycles. The van der Waals surface area contributed by atoms with Gasteiger partial charge in [0.05, 0.1) is 6.61 Å². The molecule has 0 amide bonds. The van der Waals surface area contributed by atoms with Crippen molar-refractivity contribution >= 4 is 26.9 Å². The Kier molecular flexibility index (Phi) is 20.7. The van der Waals surface area contributed by atoms with E-state index in [0.29, 0.717) is 0 Å². The Labute approximate surface area is 172 Å². The van der Waals surface area contributed by atoms with Gasteiger partial charge in [-0.1, -0.05) is 60.3 Å². The van der Waals surface area contributed by atoms with Crippen LogP contribution in [0.1, 0.15) is 80.1 Å². The number of unbranched alkanes of at least 4 members (excludes halogenated alkanes) is 5. The van der Waals surface area contributed by atoms with Crippen molar-refractivity contribution in [2.75, 3.05) is 38.5 Å². The largest absolute Gasteiger partial charge is 0.726 e. The summed E-state index contributed by atoms with van der Waals surface area (Å²) in [6.07, 6.45) is 8.35. The van der Waals surface area contributed by atoms with Crippen molar-refractivity contribution in [1.29, 1.82) is 0 Å². The molecule has 0 aliphatic rings. The SMILES string of the molecule is CCCCCCCC[S+]=C(N(CC)CC)N(CC)CC.CCOS(=O)(=O)[O-]. The Morgan fingerprint density at radius 3 is 1.59 bits per heavy atom. The lowest BCUT2D eigenvalue weighted by Gasteiger charge is -2.22. The van der Waals surface area contributed by atoms with E-state index in [4.69, 9.17) is 0 Å². The standard InChI is InChI=1S/C17H37N2S.C2H6O4S/c1-6-11-12-13-14-15-16-20-17(18(7-2)8-3)19(9-4)10-5;1-2-6-7(3,4)5/h6-16H2,1-5H3;2H2,1H3,(H,3,4,5)/q+1;/p-1. The molecule has 0 fully saturated rings. The second kappa shape index (κ2) is 19.2. The summed E-state index contributed by atoms with van der Waals surface area (Å²) in [7, 11) is -4.42. The van der Waals surface area contributed by atoms with Gasteiger partial charge in [-0.05, 0) is 13.3 Å². The molecule has 0 saturated heterocycles. The zero-order valence-corrected chi connectivity index (χ0v) is 20.0. The van der Waals surface area contributed by atoms with E-state index < -0.39 is 10.4 Å². The molecule has 6 nitrogen and oxygen atoms in total. The fourth-order valence-electron chi connectivity index (χ4n) is 2.56. The smallest absolute Gasteiger partial charge is 0.325 e. The lowest BCUT2D eigenvalue weighted by atomic mass is 10.1. The first-order chi connectivity index (χ1) is 12.8. The Hall–Kier alpha value is -0.120. The third kappa shape index (κ3) is 17.7. The average Bonchev–Trinajstić information content (AvgIpc) is 2.62. The molecule has 0 spiro atoms. The second-order valence-corrected chi connectivity index (χ2v) is 8.17. The molecule has 0 aliphatic carbocycles. The minimum absolute atomic E-state index is 0.0914. The Balaban J connectivity index is 0. The molecule has 0 atom stereocenters. The molecule has 0 aromatic carbocycles. The normalized spacial score (nSPS) is 11.4. The Morgan fingerprint density at radius 2 is 1.26 bits per heavy atom. The van der Waals surface area contributed by atoms with E-state index in [-0.39, 0.29) is 6.61 Å². The third-order valence-electron chi connectivity index (χ3n) is 4.06. The Bertz CT molecular complexity index is 435. The van der Waals surface area contributed by atoms with Gasteiger partial charge in [-0.15, -0.1) is 0 Å². The van der Waals surface area contributed by atoms with Crippen LogP contribution in [0.2, 0.25) is 0 Å². The molecule has 8 heteroatoms. The number of nitrogens with zero attached hydrogens (tertiary/aromatic N) is 2. The summed E-state index contributed by atoms with van der Waals surface area (Å²) in [5.41, 5.74) is 0. The number of rotatable bonds is 13. The van der Waals surface area contributed by atoms with Crippen molar-refractivity contribution in [3.63, 3.8) is 0 Å². The fraction of sp³-hybridized carbons (Fsp3) is 0.947. The monoisotopic (exact) mass is 426 g/mol. The van der Waals surface area contributed by atoms with Gasteiger partial charge in [0.1, 0.15) is 0 Å². The first-order valence-electron chi connectivity index (χ1n) is 10.4. The van der Waals surface area contributed by atoms with Crippen molar-refractivity contribution in [1.82, 2.24) is 9.80 Å². The fourth-order valence-corrected chi connectivity index (χ4v) is 4.26. The quantitative estimate of drug-likeness (QED) is 0.147. The van der Waals surface area contributed by atoms with Gasteiger partial charge in [-0.25, -0.2) is 18.2 Å². The molecule has 0 aromatic heterocycles. The topological polar surface area (TPSA) is 72.9 Å². The first kappa shape index (κ1) is 29.1. The van der Waals surface area contributed by atoms with E-state index in [2.05, 4.69) is 60.0 Å². The molecular formula is C19H42N2O4S2. The van der Waals surface area contributed by atoms with Crippen LogP contribution in [0.3, 0.4) is 0 Å². The third-order valence-corrected chi connectivity index (χ3v) is 5.85. The highest BCUT2D eigenvalue weighted by Gasteiger charge is 2.23. The summed E-state index contributed by atoms with van der Waals surface area (Å²) in [6.45, 7) is 17.1. The van der Waals surface area contributed by atoms with Gasteiger partial charge in [0.15, 0.2) is 5.75 Å². The maximum absolute atomic E-state index is 9.45. The first-order valence-corrected chi connectivity index (χ1v) is 12.7. The van der Waals surface area contributed by atoms with E-state index in [0.717, 1.165) is 26.2 Å². The van der Waals surface area contributed by atoms with Crippen molar-refractivity contribution in [2.24, 2.45) is 0 Å². The van der Waals surface area contributed by atoms with Crippen molar-refractivity contribution < 1.29 is 17.2 Å². The molecule has 0 radical (unpaired) electrons. The minimum atomic E-state index is -4.42. The molecule has 27 heavy (non-hydrogen) atoms. The van der Waals surface area contributed by atoms with Crippen LogP contribution in [0.25, 0.3) is 0 Å². The highest BCUT2D eigenvalue weighted by molar-refractivity contribution is 7.80. The van der Waals surface area contributed by atoms with Crippen molar-refractivity contribution in [2.45, 2.75) is 80.1 Å². The van der Waals surface area contributed by atoms with E-state index in [1.807, 2.05) is 0 Å². The molecular weight excluding hydrogens is 384 g/mol. The summed E-state index contributed by atoms with van der Waals surface area (Å²) < 4.78 is 32.0. The van der Waals surface area contributed by atoms with Crippen LogP contribution in [0.15, 0.2) is 0 Å². The van der Waals surface area contributed by atoms with Crippen LogP contribution in [0, 0.1) is 0 Å². The lowest BCUT2D eigenvalue weighted by molar-refractivity contribution is 0.275. The maximum atomic E-state index is 9.45. The Morgan fingerprint density at radius 1 is 0.815 bits per heavy atom. The lowest BCUT2D eigenvalue weighted by Crippen LogP contribution is -2.45. The minimum Gasteiger partial charge on any atom is -0.726 e. The molecule has 0 heterocycles. The van der Waals surface area contributed by atoms with Gasteiger partial charge in [0, 0.05) is 32.6 Å². The highest BCUT2D eigenvalue weighted by atomic mass is 32.3. The van der Waals surface area contributed by atoms with Crippen LogP contribution in [0.5, 0.6) is 0 Å². The molecule has 0 aromatic rings. The van der Waals surface area contributed by atoms with E-state index >= 15 is 0 Å². The van der Waals surface area contributed by atoms with E-state index in [1.54, 1.807) is 0 Å². The molecule has 0 bridgehead atoms. The van der Waals surface area contributed by atoms with Gasteiger partial charge in [-0.2, -0.15) is 0 Å². The van der Waals surface area contributed by atoms with Crippen LogP contribution in [0.4, 0.5) is 0 Å². The summed E-state index contributed by atoms with van der Waals surface area (Å²) in [5.74, 6) is 1.27. The summed E-state index contributed by atoms with van der Waals surface area (Å²) >= 11 is 2.07. The molecule has 0 unspecified atom stereocenters. The van der Waals surface area contributed by atoms with Crippen LogP contribution in [-0.2, 0) is 25.9 Å². The molecule has 0 aliphatic heterocycles. The van der Waals surface area contributed by atoms with Crippen LogP contribution >= 0.6 is 0 Å². The zero-order chi connectivity index (χ0) is 21.1. The zero-order valence-electron chi connectivity index (χ0n) is 18.3. The van der Waals surface area contributed by atoms with Gasteiger partial charge in [0.25, 0.3) is 0 Å². The van der Waals surface area contributed by atoms with Crippen LogP contribution < -0.4 is 0 Å².